The van der Waals surface area contributed by atoms with Crippen molar-refractivity contribution in [3.8, 4) is 0 Å². The summed E-state index contributed by atoms with van der Waals surface area (Å²) >= 11 is 0. The van der Waals surface area contributed by atoms with Crippen molar-refractivity contribution in [2.45, 2.75) is 6.42 Å². The average molecular weight is 144 g/mol. The van der Waals surface area contributed by atoms with Crippen LogP contribution in [-0.4, -0.2) is 11.7 Å². The largest absolute Gasteiger partial charge is 0.392 e. The molecule has 1 aliphatic carbocycles. The molecule has 1 nitrogen and oxygen atoms in total. The van der Waals surface area contributed by atoms with Gasteiger partial charge in [0.2, 0.25) is 0 Å². The maximum atomic E-state index is 8.46. The zero-order chi connectivity index (χ0) is 5.11. The molecule has 0 bridgehead atoms. The molecule has 1 N–H and O–H groups in total. The van der Waals surface area contributed by atoms with Gasteiger partial charge in [-0.2, -0.15) is 0 Å². The van der Waals surface area contributed by atoms with E-state index in [2.05, 4.69) is 0 Å². The Labute approximate surface area is 64.0 Å². The summed E-state index contributed by atoms with van der Waals surface area (Å²) in [6.07, 6.45) is 6.88. The van der Waals surface area contributed by atoms with Crippen molar-refractivity contribution in [1.82, 2.24) is 0 Å². The van der Waals surface area contributed by atoms with Crippen LogP contribution in [-0.2, 0) is 21.7 Å². The maximum Gasteiger partial charge on any atom is 0.0647 e. The van der Waals surface area contributed by atoms with Gasteiger partial charge in [-0.25, -0.2) is 0 Å². The van der Waals surface area contributed by atoms with Gasteiger partial charge in [-0.05, 0) is 12.0 Å². The fourth-order valence-electron chi connectivity index (χ4n) is 0.609. The standard InChI is InChI=1S/C6H8O.Ti/c7-5-6-3-1-2-4-6;/h1-3,7H,4-5H2;. The number of aliphatic hydroxyl groups is 1. The van der Waals surface area contributed by atoms with E-state index in [1.807, 2.05) is 18.2 Å². The van der Waals surface area contributed by atoms with Crippen LogP contribution in [0.15, 0.2) is 23.8 Å². The number of hydrogen-bond acceptors (Lipinski definition) is 1. The van der Waals surface area contributed by atoms with Gasteiger partial charge in [0.1, 0.15) is 0 Å². The third kappa shape index (κ3) is 1.95. The van der Waals surface area contributed by atoms with Crippen molar-refractivity contribution in [3.63, 3.8) is 0 Å². The molecule has 0 unspecified atom stereocenters. The molecule has 0 aromatic heterocycles. The van der Waals surface area contributed by atoms with E-state index < -0.39 is 0 Å². The molecule has 0 amide bonds. The average Bonchev–Trinajstić information content (AvgIpc) is 2.14. The van der Waals surface area contributed by atoms with Crippen molar-refractivity contribution >= 4 is 0 Å². The van der Waals surface area contributed by atoms with Crippen molar-refractivity contribution in [3.05, 3.63) is 23.8 Å². The first-order chi connectivity index (χ1) is 3.43. The number of hydrogen-bond donors (Lipinski definition) is 1. The number of allylic oxidation sites excluding steroid dienone is 3. The van der Waals surface area contributed by atoms with Crippen LogP contribution in [0.5, 0.6) is 0 Å². The molecular formula is C6H8OTi. The van der Waals surface area contributed by atoms with E-state index in [0.29, 0.717) is 0 Å². The van der Waals surface area contributed by atoms with Gasteiger partial charge < -0.3 is 5.11 Å². The number of rotatable bonds is 1. The van der Waals surface area contributed by atoms with Crippen LogP contribution < -0.4 is 0 Å². The molecule has 0 atom stereocenters. The van der Waals surface area contributed by atoms with Gasteiger partial charge in [0.05, 0.1) is 6.61 Å². The molecule has 0 saturated heterocycles. The van der Waals surface area contributed by atoms with E-state index in [4.69, 9.17) is 5.11 Å². The second kappa shape index (κ2) is 4.08. The van der Waals surface area contributed by atoms with E-state index in [1.54, 1.807) is 0 Å². The Morgan fingerprint density at radius 1 is 1.62 bits per heavy atom. The fourth-order valence-corrected chi connectivity index (χ4v) is 0.609. The van der Waals surface area contributed by atoms with Crippen molar-refractivity contribution in [1.29, 1.82) is 0 Å². The number of aliphatic hydroxyl groups excluding tert-OH is 1. The smallest absolute Gasteiger partial charge is 0.0647 e. The van der Waals surface area contributed by atoms with Crippen LogP contribution >= 0.6 is 0 Å². The Kier molecular flexibility index (Phi) is 4.15. The minimum Gasteiger partial charge on any atom is -0.392 e. The summed E-state index contributed by atoms with van der Waals surface area (Å²) in [5.41, 5.74) is 1.11. The first-order valence-corrected chi connectivity index (χ1v) is 2.39. The molecule has 0 fully saturated rings. The van der Waals surface area contributed by atoms with Crippen LogP contribution in [0, 0.1) is 0 Å². The molecule has 2 heteroatoms. The van der Waals surface area contributed by atoms with Gasteiger partial charge in [-0.3, -0.25) is 0 Å². The van der Waals surface area contributed by atoms with E-state index in [-0.39, 0.29) is 28.3 Å². The molecular weight excluding hydrogens is 136 g/mol. The summed E-state index contributed by atoms with van der Waals surface area (Å²) < 4.78 is 0. The summed E-state index contributed by atoms with van der Waals surface area (Å²) in [5.74, 6) is 0. The monoisotopic (exact) mass is 144 g/mol. The predicted octanol–water partition coefficient (Wildman–Crippen LogP) is 0.862. The van der Waals surface area contributed by atoms with Crippen LogP contribution in [0.25, 0.3) is 0 Å². The van der Waals surface area contributed by atoms with Gasteiger partial charge in [0.25, 0.3) is 0 Å². The topological polar surface area (TPSA) is 20.2 Å². The van der Waals surface area contributed by atoms with E-state index in [9.17, 15) is 0 Å². The summed E-state index contributed by atoms with van der Waals surface area (Å²) in [4.78, 5) is 0. The molecule has 0 spiro atoms. The Balaban J connectivity index is 0.000000490. The molecule has 0 aromatic carbocycles. The van der Waals surface area contributed by atoms with Gasteiger partial charge in [0, 0.05) is 21.7 Å². The minimum absolute atomic E-state index is 0. The van der Waals surface area contributed by atoms with Crippen LogP contribution in [0.2, 0.25) is 0 Å². The maximum absolute atomic E-state index is 8.46. The van der Waals surface area contributed by atoms with Gasteiger partial charge in [0.15, 0.2) is 0 Å². The van der Waals surface area contributed by atoms with Gasteiger partial charge in [-0.15, -0.1) is 0 Å². The molecule has 8 heavy (non-hydrogen) atoms. The van der Waals surface area contributed by atoms with Crippen molar-refractivity contribution in [2.75, 3.05) is 6.61 Å². The SMILES string of the molecule is OCC1=CC=CC1.[Ti]. The van der Waals surface area contributed by atoms with Gasteiger partial charge >= 0.3 is 0 Å². The van der Waals surface area contributed by atoms with Crippen LogP contribution in [0.3, 0.4) is 0 Å². The van der Waals surface area contributed by atoms with Crippen LogP contribution in [0.4, 0.5) is 0 Å². The van der Waals surface area contributed by atoms with E-state index in [0.717, 1.165) is 12.0 Å². The molecule has 0 radical (unpaired) electrons. The third-order valence-electron chi connectivity index (χ3n) is 1.05. The first kappa shape index (κ1) is 8.15. The predicted molar refractivity (Wildman–Crippen MR) is 28.9 cm³/mol. The summed E-state index contributed by atoms with van der Waals surface area (Å²) in [6.45, 7) is 0.215. The van der Waals surface area contributed by atoms with E-state index in [1.165, 1.54) is 0 Å². The summed E-state index contributed by atoms with van der Waals surface area (Å²) in [7, 11) is 0. The zero-order valence-electron chi connectivity index (χ0n) is 4.59. The van der Waals surface area contributed by atoms with Gasteiger partial charge in [-0.1, -0.05) is 18.2 Å². The summed E-state index contributed by atoms with van der Waals surface area (Å²) in [5, 5.41) is 8.46. The Bertz CT molecular complexity index is 116. The molecule has 42 valence electrons. The van der Waals surface area contributed by atoms with Crippen molar-refractivity contribution < 1.29 is 26.8 Å². The van der Waals surface area contributed by atoms with E-state index >= 15 is 0 Å². The molecule has 0 aromatic rings. The quantitative estimate of drug-likeness (QED) is 0.541. The Morgan fingerprint density at radius 2 is 2.38 bits per heavy atom. The molecule has 0 aliphatic heterocycles. The Hall–Kier alpha value is 0.154. The second-order valence-electron chi connectivity index (χ2n) is 1.62. The minimum atomic E-state index is 0. The third-order valence-corrected chi connectivity index (χ3v) is 1.05. The molecule has 1 rings (SSSR count). The fraction of sp³-hybridized carbons (Fsp3) is 0.333. The first-order valence-electron chi connectivity index (χ1n) is 2.39. The second-order valence-corrected chi connectivity index (χ2v) is 1.62. The zero-order valence-corrected chi connectivity index (χ0v) is 6.16. The van der Waals surface area contributed by atoms with Crippen LogP contribution in [0.1, 0.15) is 6.42 Å². The Morgan fingerprint density at radius 3 is 2.62 bits per heavy atom. The molecule has 0 heterocycles. The normalized spacial score (nSPS) is 15.4. The summed E-state index contributed by atoms with van der Waals surface area (Å²) in [6, 6.07) is 0. The molecule has 0 saturated carbocycles. The molecule has 1 aliphatic rings. The van der Waals surface area contributed by atoms with Crippen molar-refractivity contribution in [2.24, 2.45) is 0 Å².